The van der Waals surface area contributed by atoms with Gasteiger partial charge >= 0.3 is 0 Å². The van der Waals surface area contributed by atoms with E-state index in [2.05, 4.69) is 10.9 Å². The Morgan fingerprint density at radius 1 is 1.00 bits per heavy atom. The van der Waals surface area contributed by atoms with Gasteiger partial charge in [-0.05, 0) is 29.8 Å². The normalized spacial score (nSPS) is 11.9. The molecule has 2 aromatic carbocycles. The van der Waals surface area contributed by atoms with Crippen LogP contribution in [0.15, 0.2) is 60.7 Å². The fraction of sp³-hybridized carbons (Fsp3) is 0.111. The number of amides is 2. The van der Waals surface area contributed by atoms with Crippen LogP contribution < -0.4 is 10.9 Å². The topological polar surface area (TPSA) is 75.3 Å². The highest BCUT2D eigenvalue weighted by atomic mass is 32.2. The monoisotopic (exact) mass is 360 g/mol. The Morgan fingerprint density at radius 3 is 2.36 bits per heavy atom. The first kappa shape index (κ1) is 18.5. The first-order valence-electron chi connectivity index (χ1n) is 7.46. The summed E-state index contributed by atoms with van der Waals surface area (Å²) in [4.78, 5) is 23.4. The van der Waals surface area contributed by atoms with Gasteiger partial charge in [0.2, 0.25) is 0 Å². The van der Waals surface area contributed by atoms with Crippen molar-refractivity contribution in [1.29, 1.82) is 0 Å². The highest BCUT2D eigenvalue weighted by Crippen LogP contribution is 2.02. The molecule has 1 atom stereocenters. The van der Waals surface area contributed by atoms with E-state index < -0.39 is 28.4 Å². The predicted molar refractivity (Wildman–Crippen MR) is 95.4 cm³/mol. The zero-order chi connectivity index (χ0) is 18.1. The van der Waals surface area contributed by atoms with Crippen LogP contribution in [0.1, 0.15) is 15.9 Å². The lowest BCUT2D eigenvalue weighted by Crippen LogP contribution is -2.43. The Hall–Kier alpha value is -2.80. The van der Waals surface area contributed by atoms with E-state index in [0.717, 1.165) is 17.7 Å². The summed E-state index contributed by atoms with van der Waals surface area (Å²) >= 11 is 0. The van der Waals surface area contributed by atoms with Gasteiger partial charge in [-0.15, -0.1) is 0 Å². The summed E-state index contributed by atoms with van der Waals surface area (Å²) < 4.78 is 24.6. The number of hydrazine groups is 1. The molecule has 2 rings (SSSR count). The number of hydrogen-bond donors (Lipinski definition) is 2. The van der Waals surface area contributed by atoms with Crippen molar-refractivity contribution >= 4 is 28.7 Å². The molecule has 0 aromatic heterocycles. The van der Waals surface area contributed by atoms with Gasteiger partial charge in [-0.1, -0.05) is 42.5 Å². The van der Waals surface area contributed by atoms with E-state index in [1.54, 1.807) is 6.08 Å². The molecule has 2 N–H and O–H groups in total. The standard InChI is InChI=1S/C18H17FN2O3S/c19-16-10-8-15(9-11-16)18(23)21-20-17(22)13-25(24)12-4-7-14-5-2-1-3-6-14/h1-11H,12-13H2,(H,20,22)(H,21,23)/b7-4+. The van der Waals surface area contributed by atoms with E-state index >= 15 is 0 Å². The third-order valence-electron chi connectivity index (χ3n) is 3.11. The summed E-state index contributed by atoms with van der Waals surface area (Å²) in [6.07, 6.45) is 3.56. The van der Waals surface area contributed by atoms with Crippen LogP contribution in [0.5, 0.6) is 0 Å². The second-order valence-electron chi connectivity index (χ2n) is 5.07. The number of carbonyl (C=O) groups is 2. The summed E-state index contributed by atoms with van der Waals surface area (Å²) in [7, 11) is -1.39. The minimum atomic E-state index is -1.39. The van der Waals surface area contributed by atoms with E-state index in [9.17, 15) is 18.2 Å². The summed E-state index contributed by atoms with van der Waals surface area (Å²) in [6.45, 7) is 0. The van der Waals surface area contributed by atoms with E-state index in [4.69, 9.17) is 0 Å². The van der Waals surface area contributed by atoms with Gasteiger partial charge in [0, 0.05) is 22.1 Å². The van der Waals surface area contributed by atoms with Crippen molar-refractivity contribution in [3.63, 3.8) is 0 Å². The molecule has 0 aliphatic rings. The molecule has 0 aliphatic heterocycles. The molecule has 130 valence electrons. The fourth-order valence-electron chi connectivity index (χ4n) is 1.90. The number of hydrogen-bond acceptors (Lipinski definition) is 3. The quantitative estimate of drug-likeness (QED) is 0.774. The molecule has 2 aromatic rings. The lowest BCUT2D eigenvalue weighted by Gasteiger charge is -2.07. The maximum Gasteiger partial charge on any atom is 0.269 e. The minimum absolute atomic E-state index is 0.202. The first-order chi connectivity index (χ1) is 12.0. The molecule has 0 radical (unpaired) electrons. The molecule has 0 saturated heterocycles. The van der Waals surface area contributed by atoms with E-state index in [1.165, 1.54) is 12.1 Å². The average Bonchev–Trinajstić information content (AvgIpc) is 2.61. The second kappa shape index (κ2) is 9.48. The molecule has 0 saturated carbocycles. The van der Waals surface area contributed by atoms with Gasteiger partial charge < -0.3 is 0 Å². The van der Waals surface area contributed by atoms with Crippen LogP contribution in [-0.2, 0) is 15.6 Å². The van der Waals surface area contributed by atoms with Crippen LogP contribution >= 0.6 is 0 Å². The first-order valence-corrected chi connectivity index (χ1v) is 8.95. The summed E-state index contributed by atoms with van der Waals surface area (Å²) in [5.74, 6) is -1.61. The van der Waals surface area contributed by atoms with Crippen molar-refractivity contribution < 1.29 is 18.2 Å². The van der Waals surface area contributed by atoms with Crippen LogP contribution in [0.2, 0.25) is 0 Å². The SMILES string of the molecule is O=C(CS(=O)C/C=C/c1ccccc1)NNC(=O)c1ccc(F)cc1. The number of halogens is 1. The van der Waals surface area contributed by atoms with Crippen LogP contribution in [0.3, 0.4) is 0 Å². The maximum atomic E-state index is 12.8. The minimum Gasteiger partial charge on any atom is -0.272 e. The van der Waals surface area contributed by atoms with Gasteiger partial charge in [0.15, 0.2) is 0 Å². The van der Waals surface area contributed by atoms with Crippen molar-refractivity contribution in [2.75, 3.05) is 11.5 Å². The highest BCUT2D eigenvalue weighted by Gasteiger charge is 2.09. The molecule has 0 heterocycles. The zero-order valence-electron chi connectivity index (χ0n) is 13.3. The molecular weight excluding hydrogens is 343 g/mol. The molecule has 0 bridgehead atoms. The van der Waals surface area contributed by atoms with Gasteiger partial charge in [-0.3, -0.25) is 24.6 Å². The van der Waals surface area contributed by atoms with Crippen molar-refractivity contribution in [3.05, 3.63) is 77.6 Å². The molecule has 0 aliphatic carbocycles. The van der Waals surface area contributed by atoms with E-state index in [1.807, 2.05) is 36.4 Å². The zero-order valence-corrected chi connectivity index (χ0v) is 14.1. The molecule has 5 nitrogen and oxygen atoms in total. The average molecular weight is 360 g/mol. The van der Waals surface area contributed by atoms with Crippen LogP contribution in [0, 0.1) is 5.82 Å². The van der Waals surface area contributed by atoms with Crippen molar-refractivity contribution in [1.82, 2.24) is 10.9 Å². The van der Waals surface area contributed by atoms with Crippen LogP contribution in [0.25, 0.3) is 6.08 Å². The molecular formula is C18H17FN2O3S. The van der Waals surface area contributed by atoms with E-state index in [-0.39, 0.29) is 17.1 Å². The van der Waals surface area contributed by atoms with Gasteiger partial charge in [0.25, 0.3) is 11.8 Å². The lowest BCUT2D eigenvalue weighted by molar-refractivity contribution is -0.119. The summed E-state index contributed by atoms with van der Waals surface area (Å²) in [5.41, 5.74) is 5.56. The lowest BCUT2D eigenvalue weighted by atomic mass is 10.2. The van der Waals surface area contributed by atoms with Crippen molar-refractivity contribution in [2.45, 2.75) is 0 Å². The smallest absolute Gasteiger partial charge is 0.269 e. The Bertz CT molecular complexity index is 777. The molecule has 25 heavy (non-hydrogen) atoms. The largest absolute Gasteiger partial charge is 0.272 e. The predicted octanol–water partition coefficient (Wildman–Crippen LogP) is 2.05. The third kappa shape index (κ3) is 6.68. The van der Waals surface area contributed by atoms with Crippen LogP contribution in [0.4, 0.5) is 4.39 Å². The molecule has 0 spiro atoms. The maximum absolute atomic E-state index is 12.8. The van der Waals surface area contributed by atoms with Gasteiger partial charge in [-0.2, -0.15) is 0 Å². The highest BCUT2D eigenvalue weighted by molar-refractivity contribution is 7.85. The van der Waals surface area contributed by atoms with Crippen molar-refractivity contribution in [2.24, 2.45) is 0 Å². The number of rotatable bonds is 6. The third-order valence-corrected chi connectivity index (χ3v) is 4.25. The Morgan fingerprint density at radius 2 is 1.68 bits per heavy atom. The summed E-state index contributed by atoms with van der Waals surface area (Å²) in [6, 6.07) is 14.4. The Balaban J connectivity index is 1.72. The van der Waals surface area contributed by atoms with Gasteiger partial charge in [0.05, 0.1) is 0 Å². The van der Waals surface area contributed by atoms with Gasteiger partial charge in [-0.25, -0.2) is 4.39 Å². The molecule has 1 unspecified atom stereocenters. The van der Waals surface area contributed by atoms with Crippen molar-refractivity contribution in [3.8, 4) is 0 Å². The van der Waals surface area contributed by atoms with Crippen LogP contribution in [-0.4, -0.2) is 27.5 Å². The molecule has 2 amide bonds. The molecule has 0 fully saturated rings. The second-order valence-corrected chi connectivity index (χ2v) is 6.57. The van der Waals surface area contributed by atoms with Gasteiger partial charge in [0.1, 0.15) is 11.6 Å². The Kier molecular flexibility index (Phi) is 7.03. The molecule has 7 heteroatoms. The number of benzene rings is 2. The summed E-state index contributed by atoms with van der Waals surface area (Å²) in [5, 5.41) is 0. The van der Waals surface area contributed by atoms with E-state index in [0.29, 0.717) is 0 Å². The number of nitrogens with one attached hydrogen (secondary N) is 2. The Labute approximate surface area is 147 Å². The fourth-order valence-corrected chi connectivity index (χ4v) is 2.69. The number of carbonyl (C=O) groups excluding carboxylic acids is 2.